The van der Waals surface area contributed by atoms with E-state index < -0.39 is 15.1 Å². The molecular weight excluding hydrogens is 206 g/mol. The van der Waals surface area contributed by atoms with Gasteiger partial charge in [0.05, 0.1) is 5.25 Å². The van der Waals surface area contributed by atoms with Crippen LogP contribution in [0, 0.1) is 0 Å². The number of thiophene rings is 1. The zero-order chi connectivity index (χ0) is 9.90. The minimum Gasteiger partial charge on any atom is -0.329 e. The van der Waals surface area contributed by atoms with Crippen molar-refractivity contribution in [2.75, 3.05) is 12.8 Å². The average molecular weight is 219 g/mol. The van der Waals surface area contributed by atoms with Crippen LogP contribution in [-0.2, 0) is 16.3 Å². The van der Waals surface area contributed by atoms with Crippen molar-refractivity contribution >= 4 is 21.2 Å². The van der Waals surface area contributed by atoms with Crippen LogP contribution in [0.3, 0.4) is 0 Å². The third-order valence-corrected chi connectivity index (χ3v) is 4.35. The third-order valence-electron chi connectivity index (χ3n) is 1.88. The van der Waals surface area contributed by atoms with Crippen molar-refractivity contribution in [1.29, 1.82) is 0 Å². The second-order valence-electron chi connectivity index (χ2n) is 2.97. The summed E-state index contributed by atoms with van der Waals surface area (Å²) in [5, 5.41) is 1.50. The molecule has 0 amide bonds. The average Bonchev–Trinajstić information content (AvgIpc) is 2.49. The van der Waals surface area contributed by atoms with E-state index in [1.54, 1.807) is 11.3 Å². The van der Waals surface area contributed by atoms with E-state index in [9.17, 15) is 8.42 Å². The maximum atomic E-state index is 11.2. The highest BCUT2D eigenvalue weighted by molar-refractivity contribution is 7.91. The molecule has 0 aliphatic carbocycles. The maximum absolute atomic E-state index is 11.2. The summed E-state index contributed by atoms with van der Waals surface area (Å²) in [6.45, 7) is 0.191. The molecule has 1 aromatic heterocycles. The van der Waals surface area contributed by atoms with Crippen LogP contribution < -0.4 is 5.73 Å². The summed E-state index contributed by atoms with van der Waals surface area (Å²) < 4.78 is 22.4. The van der Waals surface area contributed by atoms with Gasteiger partial charge >= 0.3 is 0 Å². The summed E-state index contributed by atoms with van der Waals surface area (Å²) in [4.78, 5) is 1.07. The van der Waals surface area contributed by atoms with Crippen LogP contribution >= 0.6 is 11.3 Å². The molecular formula is C8H13NO2S2. The van der Waals surface area contributed by atoms with Crippen LogP contribution in [0.2, 0.25) is 0 Å². The Labute approximate surface area is 82.5 Å². The topological polar surface area (TPSA) is 60.2 Å². The van der Waals surface area contributed by atoms with E-state index in [1.165, 1.54) is 6.26 Å². The Bertz CT molecular complexity index is 342. The smallest absolute Gasteiger partial charge is 0.151 e. The molecule has 1 unspecified atom stereocenters. The molecule has 74 valence electrons. The van der Waals surface area contributed by atoms with Gasteiger partial charge < -0.3 is 5.73 Å². The first-order valence-electron chi connectivity index (χ1n) is 3.95. The third kappa shape index (κ3) is 3.10. The van der Waals surface area contributed by atoms with Gasteiger partial charge in [-0.25, -0.2) is 8.42 Å². The zero-order valence-corrected chi connectivity index (χ0v) is 9.07. The highest BCUT2D eigenvalue weighted by atomic mass is 32.2. The summed E-state index contributed by atoms with van der Waals surface area (Å²) in [5.74, 6) is 0. The van der Waals surface area contributed by atoms with Crippen LogP contribution in [0.25, 0.3) is 0 Å². The lowest BCUT2D eigenvalue weighted by atomic mass is 10.2. The molecule has 0 fully saturated rings. The Morgan fingerprint density at radius 3 is 2.69 bits per heavy atom. The van der Waals surface area contributed by atoms with Crippen molar-refractivity contribution in [2.45, 2.75) is 11.7 Å². The summed E-state index contributed by atoms with van der Waals surface area (Å²) in [6.07, 6.45) is 1.77. The first kappa shape index (κ1) is 10.7. The molecule has 0 aliphatic rings. The van der Waals surface area contributed by atoms with Gasteiger partial charge in [-0.3, -0.25) is 0 Å². The maximum Gasteiger partial charge on any atom is 0.151 e. The van der Waals surface area contributed by atoms with E-state index in [0.29, 0.717) is 6.42 Å². The van der Waals surface area contributed by atoms with E-state index in [2.05, 4.69) is 0 Å². The monoisotopic (exact) mass is 219 g/mol. The van der Waals surface area contributed by atoms with E-state index in [0.717, 1.165) is 4.88 Å². The van der Waals surface area contributed by atoms with Gasteiger partial charge in [-0.15, -0.1) is 11.3 Å². The van der Waals surface area contributed by atoms with Crippen molar-refractivity contribution in [2.24, 2.45) is 5.73 Å². The summed E-state index contributed by atoms with van der Waals surface area (Å²) in [7, 11) is -3.01. The van der Waals surface area contributed by atoms with Gasteiger partial charge in [0.2, 0.25) is 0 Å². The molecule has 0 radical (unpaired) electrons. The van der Waals surface area contributed by atoms with E-state index >= 15 is 0 Å². The highest BCUT2D eigenvalue weighted by Crippen LogP contribution is 2.14. The molecule has 0 spiro atoms. The highest BCUT2D eigenvalue weighted by Gasteiger charge is 2.19. The van der Waals surface area contributed by atoms with Crippen LogP contribution in [0.4, 0.5) is 0 Å². The molecule has 5 heteroatoms. The summed E-state index contributed by atoms with van der Waals surface area (Å²) in [5.41, 5.74) is 5.40. The largest absolute Gasteiger partial charge is 0.329 e. The predicted octanol–water partition coefficient (Wildman–Crippen LogP) is 0.662. The van der Waals surface area contributed by atoms with Gasteiger partial charge in [0.1, 0.15) is 0 Å². The molecule has 0 bridgehead atoms. The number of sulfone groups is 1. The normalized spacial score (nSPS) is 14.3. The molecule has 1 atom stereocenters. The zero-order valence-electron chi connectivity index (χ0n) is 7.43. The Balaban J connectivity index is 2.72. The Kier molecular flexibility index (Phi) is 3.47. The summed E-state index contributed by atoms with van der Waals surface area (Å²) >= 11 is 1.56. The van der Waals surface area contributed by atoms with E-state index in [1.807, 2.05) is 17.5 Å². The number of hydrogen-bond acceptors (Lipinski definition) is 4. The molecule has 1 heterocycles. The molecule has 0 saturated carbocycles. The van der Waals surface area contributed by atoms with Crippen molar-refractivity contribution in [3.8, 4) is 0 Å². The Morgan fingerprint density at radius 2 is 2.31 bits per heavy atom. The first-order chi connectivity index (χ1) is 6.04. The van der Waals surface area contributed by atoms with Crippen molar-refractivity contribution in [3.63, 3.8) is 0 Å². The minimum atomic E-state index is -3.01. The Hall–Kier alpha value is -0.390. The number of rotatable bonds is 4. The molecule has 0 aliphatic heterocycles. The molecule has 1 rings (SSSR count). The summed E-state index contributed by atoms with van der Waals surface area (Å²) in [6, 6.07) is 3.84. The lowest BCUT2D eigenvalue weighted by Gasteiger charge is -2.10. The SMILES string of the molecule is CS(=O)(=O)C(CN)Cc1cccs1. The van der Waals surface area contributed by atoms with E-state index in [-0.39, 0.29) is 6.54 Å². The molecule has 0 saturated heterocycles. The number of hydrogen-bond donors (Lipinski definition) is 1. The first-order valence-corrected chi connectivity index (χ1v) is 6.78. The fourth-order valence-electron chi connectivity index (χ4n) is 1.06. The predicted molar refractivity (Wildman–Crippen MR) is 55.7 cm³/mol. The lowest BCUT2D eigenvalue weighted by molar-refractivity contribution is 0.584. The van der Waals surface area contributed by atoms with Crippen LogP contribution in [0.5, 0.6) is 0 Å². The van der Waals surface area contributed by atoms with Crippen LogP contribution in [0.1, 0.15) is 4.88 Å². The molecule has 2 N–H and O–H groups in total. The Morgan fingerprint density at radius 1 is 1.62 bits per heavy atom. The molecule has 3 nitrogen and oxygen atoms in total. The second kappa shape index (κ2) is 4.21. The van der Waals surface area contributed by atoms with Gasteiger partial charge in [-0.1, -0.05) is 6.07 Å². The van der Waals surface area contributed by atoms with Crippen LogP contribution in [0.15, 0.2) is 17.5 Å². The lowest BCUT2D eigenvalue weighted by Crippen LogP contribution is -2.30. The van der Waals surface area contributed by atoms with Gasteiger partial charge in [0.15, 0.2) is 9.84 Å². The van der Waals surface area contributed by atoms with Crippen molar-refractivity contribution in [3.05, 3.63) is 22.4 Å². The minimum absolute atomic E-state index is 0.191. The second-order valence-corrected chi connectivity index (χ2v) is 6.33. The van der Waals surface area contributed by atoms with Gasteiger partial charge in [0.25, 0.3) is 0 Å². The van der Waals surface area contributed by atoms with Crippen molar-refractivity contribution < 1.29 is 8.42 Å². The standard InChI is InChI=1S/C8H13NO2S2/c1-13(10,11)8(6-9)5-7-3-2-4-12-7/h2-4,8H,5-6,9H2,1H3. The number of nitrogens with two attached hydrogens (primary N) is 1. The molecule has 1 aromatic rings. The molecule has 13 heavy (non-hydrogen) atoms. The quantitative estimate of drug-likeness (QED) is 0.809. The fraction of sp³-hybridized carbons (Fsp3) is 0.500. The molecule has 0 aromatic carbocycles. The fourth-order valence-corrected chi connectivity index (χ4v) is 2.79. The van der Waals surface area contributed by atoms with Crippen LogP contribution in [-0.4, -0.2) is 26.5 Å². The van der Waals surface area contributed by atoms with Gasteiger partial charge in [-0.05, 0) is 17.9 Å². The van der Waals surface area contributed by atoms with Crippen molar-refractivity contribution in [1.82, 2.24) is 0 Å². The van der Waals surface area contributed by atoms with Gasteiger partial charge in [-0.2, -0.15) is 0 Å². The van der Waals surface area contributed by atoms with Gasteiger partial charge in [0, 0.05) is 17.7 Å². The van der Waals surface area contributed by atoms with E-state index in [4.69, 9.17) is 5.73 Å².